The summed E-state index contributed by atoms with van der Waals surface area (Å²) < 4.78 is 33.7. The number of esters is 1. The lowest BCUT2D eigenvalue weighted by atomic mass is 9.76. The number of likely N-dealkylation sites (N-methyl/N-ethyl adjacent to an activating group) is 1. The molecule has 8 nitrogen and oxygen atoms in total. The number of hydrogen-bond acceptors (Lipinski definition) is 6. The van der Waals surface area contributed by atoms with Crippen LogP contribution in [0, 0.1) is 5.41 Å². The van der Waals surface area contributed by atoms with Crippen molar-refractivity contribution in [3.8, 4) is 0 Å². The van der Waals surface area contributed by atoms with Crippen LogP contribution in [0.2, 0.25) is 0 Å². The molecule has 1 aromatic carbocycles. The minimum atomic E-state index is -3.66. The van der Waals surface area contributed by atoms with Gasteiger partial charge in [0.15, 0.2) is 0 Å². The lowest BCUT2D eigenvalue weighted by Crippen LogP contribution is -2.45. The molecule has 2 saturated heterocycles. The van der Waals surface area contributed by atoms with E-state index in [1.165, 1.54) is 11.2 Å². The van der Waals surface area contributed by atoms with Crippen molar-refractivity contribution in [3.05, 3.63) is 23.8 Å². The third kappa shape index (κ3) is 4.10. The smallest absolute Gasteiger partial charge is 0.312 e. The zero-order valence-electron chi connectivity index (χ0n) is 18.5. The van der Waals surface area contributed by atoms with Gasteiger partial charge < -0.3 is 14.5 Å². The molecule has 1 unspecified atom stereocenters. The van der Waals surface area contributed by atoms with Gasteiger partial charge in [0.25, 0.3) is 0 Å². The normalized spacial score (nSPS) is 23.8. The second-order valence-electron chi connectivity index (χ2n) is 9.24. The number of hydrogen-bond donors (Lipinski definition) is 0. The summed E-state index contributed by atoms with van der Waals surface area (Å²) in [7, 11) is 0.233. The molecule has 1 atom stereocenters. The van der Waals surface area contributed by atoms with Gasteiger partial charge in [-0.05, 0) is 63.5 Å². The standard InChI is InChI=1S/C22H31N3O5S/c1-16(26)25-10-4-5-17-13-19(6-7-20(17)25)31(28,29)24-11-8-22(9-12-24)14-18(15-23(2)3)30-21(22)27/h6-7,13,18H,4-5,8-12,14-15H2,1-3H3. The number of cyclic esters (lactones) is 1. The van der Waals surface area contributed by atoms with Crippen LogP contribution in [0.25, 0.3) is 0 Å². The fraction of sp³-hybridized carbons (Fsp3) is 0.636. The van der Waals surface area contributed by atoms with Gasteiger partial charge in [0.05, 0.1) is 10.3 Å². The maximum Gasteiger partial charge on any atom is 0.312 e. The van der Waals surface area contributed by atoms with E-state index in [2.05, 4.69) is 0 Å². The number of amides is 1. The molecule has 1 amide bonds. The highest BCUT2D eigenvalue weighted by Gasteiger charge is 2.51. The highest BCUT2D eigenvalue weighted by Crippen LogP contribution is 2.44. The molecular weight excluding hydrogens is 418 g/mol. The molecule has 0 bridgehead atoms. The van der Waals surface area contributed by atoms with E-state index < -0.39 is 15.4 Å². The predicted molar refractivity (Wildman–Crippen MR) is 116 cm³/mol. The summed E-state index contributed by atoms with van der Waals surface area (Å²) in [5, 5.41) is 0. The van der Waals surface area contributed by atoms with E-state index in [9.17, 15) is 18.0 Å². The molecule has 3 aliphatic heterocycles. The zero-order valence-corrected chi connectivity index (χ0v) is 19.3. The van der Waals surface area contributed by atoms with E-state index in [0.717, 1.165) is 24.1 Å². The van der Waals surface area contributed by atoms with Crippen LogP contribution in [-0.4, -0.2) is 75.9 Å². The Morgan fingerprint density at radius 1 is 1.23 bits per heavy atom. The van der Waals surface area contributed by atoms with Crippen molar-refractivity contribution in [1.82, 2.24) is 9.21 Å². The largest absolute Gasteiger partial charge is 0.461 e. The first-order valence-corrected chi connectivity index (χ1v) is 12.3. The first-order chi connectivity index (χ1) is 14.6. The molecule has 31 heavy (non-hydrogen) atoms. The van der Waals surface area contributed by atoms with Gasteiger partial charge in [-0.1, -0.05) is 0 Å². The fourth-order valence-corrected chi connectivity index (χ4v) is 6.61. The first kappa shape index (κ1) is 22.2. The molecule has 0 N–H and O–H groups in total. The number of carbonyl (C=O) groups excluding carboxylic acids is 2. The van der Waals surface area contributed by atoms with Crippen molar-refractivity contribution in [2.24, 2.45) is 5.41 Å². The van der Waals surface area contributed by atoms with E-state index in [4.69, 9.17) is 4.74 Å². The van der Waals surface area contributed by atoms with E-state index in [1.54, 1.807) is 23.1 Å². The van der Waals surface area contributed by atoms with Crippen LogP contribution >= 0.6 is 0 Å². The molecule has 0 saturated carbocycles. The second kappa shape index (κ2) is 8.18. The Balaban J connectivity index is 1.49. The van der Waals surface area contributed by atoms with Crippen LogP contribution in [0.4, 0.5) is 5.69 Å². The average Bonchev–Trinajstić information content (AvgIpc) is 3.00. The predicted octanol–water partition coefficient (Wildman–Crippen LogP) is 1.63. The molecule has 1 spiro atoms. The Bertz CT molecular complexity index is 983. The Morgan fingerprint density at radius 3 is 2.58 bits per heavy atom. The Morgan fingerprint density at radius 2 is 1.94 bits per heavy atom. The van der Waals surface area contributed by atoms with Crippen LogP contribution < -0.4 is 4.90 Å². The average molecular weight is 450 g/mol. The summed E-state index contributed by atoms with van der Waals surface area (Å²) in [6, 6.07) is 5.05. The summed E-state index contributed by atoms with van der Waals surface area (Å²) in [5.74, 6) is -0.219. The van der Waals surface area contributed by atoms with Gasteiger partial charge in [-0.3, -0.25) is 9.59 Å². The molecule has 170 valence electrons. The Hall–Kier alpha value is -1.97. The SMILES string of the molecule is CC(=O)N1CCCc2cc(S(=O)(=O)N3CCC4(CC3)CC(CN(C)C)OC4=O)ccc21. The third-order valence-corrected chi connectivity index (χ3v) is 8.66. The highest BCUT2D eigenvalue weighted by atomic mass is 32.2. The van der Waals surface area contributed by atoms with E-state index in [0.29, 0.717) is 45.4 Å². The Kier molecular flexibility index (Phi) is 5.87. The molecule has 3 aliphatic rings. The Labute approximate surface area is 184 Å². The number of piperidine rings is 1. The van der Waals surface area contributed by atoms with Crippen molar-refractivity contribution >= 4 is 27.6 Å². The number of carbonyl (C=O) groups is 2. The number of sulfonamides is 1. The number of benzene rings is 1. The van der Waals surface area contributed by atoms with Crippen LogP contribution in [-0.2, 0) is 30.8 Å². The van der Waals surface area contributed by atoms with E-state index in [-0.39, 0.29) is 22.9 Å². The number of fused-ring (bicyclic) bond motifs is 1. The lowest BCUT2D eigenvalue weighted by molar-refractivity contribution is -0.150. The summed E-state index contributed by atoms with van der Waals surface area (Å²) in [5.41, 5.74) is 1.13. The maximum absolute atomic E-state index is 13.3. The summed E-state index contributed by atoms with van der Waals surface area (Å²) in [6.07, 6.45) is 3.06. The van der Waals surface area contributed by atoms with Gasteiger partial charge in [0.1, 0.15) is 6.10 Å². The topological polar surface area (TPSA) is 87.2 Å². The highest BCUT2D eigenvalue weighted by molar-refractivity contribution is 7.89. The summed E-state index contributed by atoms with van der Waals surface area (Å²) >= 11 is 0. The van der Waals surface area contributed by atoms with Crippen LogP contribution in [0.5, 0.6) is 0 Å². The first-order valence-electron chi connectivity index (χ1n) is 10.9. The van der Waals surface area contributed by atoms with Crippen LogP contribution in [0.3, 0.4) is 0 Å². The minimum absolute atomic E-state index is 0.0334. The quantitative estimate of drug-likeness (QED) is 0.650. The molecule has 0 radical (unpaired) electrons. The number of ether oxygens (including phenoxy) is 1. The third-order valence-electron chi connectivity index (χ3n) is 6.76. The summed E-state index contributed by atoms with van der Waals surface area (Å²) in [4.78, 5) is 28.4. The van der Waals surface area contributed by atoms with Crippen molar-refractivity contribution < 1.29 is 22.7 Å². The van der Waals surface area contributed by atoms with Gasteiger partial charge >= 0.3 is 5.97 Å². The van der Waals surface area contributed by atoms with Gasteiger partial charge in [0.2, 0.25) is 15.9 Å². The van der Waals surface area contributed by atoms with Crippen LogP contribution in [0.15, 0.2) is 23.1 Å². The molecule has 1 aromatic rings. The molecule has 9 heteroatoms. The fourth-order valence-electron chi connectivity index (χ4n) is 5.12. The molecule has 3 heterocycles. The second-order valence-corrected chi connectivity index (χ2v) is 11.2. The summed E-state index contributed by atoms with van der Waals surface area (Å²) in [6.45, 7) is 3.49. The lowest BCUT2D eigenvalue weighted by Gasteiger charge is -2.36. The molecule has 0 aromatic heterocycles. The van der Waals surface area contributed by atoms with Crippen molar-refractivity contribution in [2.75, 3.05) is 45.2 Å². The number of rotatable bonds is 4. The van der Waals surface area contributed by atoms with E-state index >= 15 is 0 Å². The molecule has 4 rings (SSSR count). The van der Waals surface area contributed by atoms with Gasteiger partial charge in [-0.15, -0.1) is 0 Å². The molecule has 2 fully saturated rings. The monoisotopic (exact) mass is 449 g/mol. The molecular formula is C22H31N3O5S. The number of anilines is 1. The molecule has 0 aliphatic carbocycles. The minimum Gasteiger partial charge on any atom is -0.461 e. The van der Waals surface area contributed by atoms with Crippen molar-refractivity contribution in [2.45, 2.75) is 50.0 Å². The maximum atomic E-state index is 13.3. The van der Waals surface area contributed by atoms with Gasteiger partial charge in [-0.25, -0.2) is 8.42 Å². The zero-order chi connectivity index (χ0) is 22.4. The van der Waals surface area contributed by atoms with Crippen LogP contribution in [0.1, 0.15) is 38.2 Å². The number of aryl methyl sites for hydroxylation is 1. The van der Waals surface area contributed by atoms with Crippen molar-refractivity contribution in [3.63, 3.8) is 0 Å². The van der Waals surface area contributed by atoms with E-state index in [1.807, 2.05) is 19.0 Å². The number of nitrogens with zero attached hydrogens (tertiary/aromatic N) is 3. The van der Waals surface area contributed by atoms with Crippen molar-refractivity contribution in [1.29, 1.82) is 0 Å². The van der Waals surface area contributed by atoms with Gasteiger partial charge in [0, 0.05) is 45.2 Å². The van der Waals surface area contributed by atoms with Gasteiger partial charge in [-0.2, -0.15) is 4.31 Å².